The molecule has 1 saturated heterocycles. The quantitative estimate of drug-likeness (QED) is 0.497. The Morgan fingerprint density at radius 1 is 1.03 bits per heavy atom. The maximum absolute atomic E-state index is 13.4. The number of thiocarbonyl (C=S) groups is 1. The largest absolute Gasteiger partial charge is 0.454 e. The standard InChI is InChI=1S/C23H20N2O4S2/c1-2-3-10-24-16-7-5-4-6-15(16)19(21(24)26)20-22(27)25(23(30)31-20)12-14-8-9-17-18(11-14)29-13-28-17/h4-9,11H,2-3,10,12-13H2,1H3/b20-19+. The first-order valence-electron chi connectivity index (χ1n) is 10.2. The van der Waals surface area contributed by atoms with Gasteiger partial charge in [-0.3, -0.25) is 14.5 Å². The number of ether oxygens (including phenoxy) is 2. The highest BCUT2D eigenvalue weighted by atomic mass is 32.2. The number of hydrogen-bond acceptors (Lipinski definition) is 6. The van der Waals surface area contributed by atoms with Gasteiger partial charge in [0.15, 0.2) is 11.5 Å². The van der Waals surface area contributed by atoms with E-state index in [2.05, 4.69) is 6.92 Å². The van der Waals surface area contributed by atoms with E-state index in [0.717, 1.165) is 29.7 Å². The molecule has 0 spiro atoms. The van der Waals surface area contributed by atoms with Crippen LogP contribution in [-0.2, 0) is 16.1 Å². The van der Waals surface area contributed by atoms with Crippen molar-refractivity contribution in [3.8, 4) is 11.5 Å². The van der Waals surface area contributed by atoms with Crippen LogP contribution in [0, 0.1) is 0 Å². The zero-order valence-corrected chi connectivity index (χ0v) is 18.6. The highest BCUT2D eigenvalue weighted by molar-refractivity contribution is 8.26. The molecule has 2 amide bonds. The molecule has 0 unspecified atom stereocenters. The summed E-state index contributed by atoms with van der Waals surface area (Å²) in [5.41, 5.74) is 3.00. The van der Waals surface area contributed by atoms with E-state index in [9.17, 15) is 9.59 Å². The van der Waals surface area contributed by atoms with E-state index in [1.807, 2.05) is 42.5 Å². The van der Waals surface area contributed by atoms with Crippen LogP contribution in [0.3, 0.4) is 0 Å². The first-order chi connectivity index (χ1) is 15.1. The fourth-order valence-electron chi connectivity index (χ4n) is 3.95. The van der Waals surface area contributed by atoms with Crippen LogP contribution in [0.4, 0.5) is 5.69 Å². The molecule has 0 aromatic heterocycles. The van der Waals surface area contributed by atoms with Crippen LogP contribution in [0.1, 0.15) is 30.9 Å². The molecule has 158 valence electrons. The van der Waals surface area contributed by atoms with E-state index in [0.29, 0.717) is 39.4 Å². The maximum Gasteiger partial charge on any atom is 0.267 e. The molecule has 0 aliphatic carbocycles. The lowest BCUT2D eigenvalue weighted by Gasteiger charge is -2.16. The summed E-state index contributed by atoms with van der Waals surface area (Å²) in [6.45, 7) is 3.23. The smallest absolute Gasteiger partial charge is 0.267 e. The van der Waals surface area contributed by atoms with Crippen molar-refractivity contribution >= 4 is 51.4 Å². The Hall–Kier alpha value is -2.84. The molecule has 0 radical (unpaired) electrons. The van der Waals surface area contributed by atoms with E-state index in [1.54, 1.807) is 9.80 Å². The van der Waals surface area contributed by atoms with E-state index >= 15 is 0 Å². The monoisotopic (exact) mass is 452 g/mol. The number of para-hydroxylation sites is 1. The molecule has 0 bridgehead atoms. The molecule has 31 heavy (non-hydrogen) atoms. The third-order valence-electron chi connectivity index (χ3n) is 5.51. The fourth-order valence-corrected chi connectivity index (χ4v) is 5.27. The molecule has 2 aromatic carbocycles. The summed E-state index contributed by atoms with van der Waals surface area (Å²) in [4.78, 5) is 30.4. The summed E-state index contributed by atoms with van der Waals surface area (Å²) in [6.07, 6.45) is 1.89. The molecule has 3 heterocycles. The van der Waals surface area contributed by atoms with Gasteiger partial charge in [-0.1, -0.05) is 61.6 Å². The van der Waals surface area contributed by atoms with Crippen LogP contribution in [-0.4, -0.2) is 34.4 Å². The second-order valence-corrected chi connectivity index (χ2v) is 9.12. The Labute approximate surface area is 189 Å². The fraction of sp³-hybridized carbons (Fsp3) is 0.261. The minimum Gasteiger partial charge on any atom is -0.454 e. The van der Waals surface area contributed by atoms with Crippen molar-refractivity contribution < 1.29 is 19.1 Å². The molecular formula is C23H20N2O4S2. The summed E-state index contributed by atoms with van der Waals surface area (Å²) in [7, 11) is 0. The number of carbonyl (C=O) groups is 2. The van der Waals surface area contributed by atoms with Gasteiger partial charge >= 0.3 is 0 Å². The number of carbonyl (C=O) groups excluding carboxylic acids is 2. The van der Waals surface area contributed by atoms with Crippen LogP contribution >= 0.6 is 24.0 Å². The van der Waals surface area contributed by atoms with Crippen LogP contribution in [0.15, 0.2) is 47.4 Å². The number of thioether (sulfide) groups is 1. The zero-order valence-electron chi connectivity index (χ0n) is 16.9. The minimum absolute atomic E-state index is 0.127. The van der Waals surface area contributed by atoms with E-state index < -0.39 is 0 Å². The second kappa shape index (κ2) is 8.01. The Balaban J connectivity index is 1.47. The summed E-state index contributed by atoms with van der Waals surface area (Å²) in [6, 6.07) is 13.2. The number of nitrogens with zero attached hydrogens (tertiary/aromatic N) is 2. The van der Waals surface area contributed by atoms with Crippen molar-refractivity contribution in [3.63, 3.8) is 0 Å². The van der Waals surface area contributed by atoms with E-state index in [-0.39, 0.29) is 18.6 Å². The molecular weight excluding hydrogens is 432 g/mol. The van der Waals surface area contributed by atoms with Gasteiger partial charge in [0, 0.05) is 12.1 Å². The van der Waals surface area contributed by atoms with E-state index in [4.69, 9.17) is 21.7 Å². The van der Waals surface area contributed by atoms with Crippen molar-refractivity contribution in [3.05, 3.63) is 58.5 Å². The molecule has 0 N–H and O–H groups in total. The van der Waals surface area contributed by atoms with Gasteiger partial charge in [0.1, 0.15) is 4.32 Å². The normalized spacial score (nSPS) is 19.6. The number of benzene rings is 2. The first kappa shape index (κ1) is 20.1. The molecule has 0 atom stereocenters. The Bertz CT molecular complexity index is 1140. The topological polar surface area (TPSA) is 59.1 Å². The van der Waals surface area contributed by atoms with Crippen LogP contribution < -0.4 is 14.4 Å². The van der Waals surface area contributed by atoms with Crippen LogP contribution in [0.5, 0.6) is 11.5 Å². The summed E-state index contributed by atoms with van der Waals surface area (Å²) in [5.74, 6) is 0.991. The first-order valence-corrected chi connectivity index (χ1v) is 11.4. The number of amides is 2. The molecule has 3 aliphatic rings. The lowest BCUT2D eigenvalue weighted by atomic mass is 10.1. The molecule has 8 heteroatoms. The third kappa shape index (κ3) is 3.40. The molecule has 1 fully saturated rings. The average molecular weight is 453 g/mol. The average Bonchev–Trinajstić information content (AvgIpc) is 3.42. The van der Waals surface area contributed by atoms with Crippen molar-refractivity contribution in [2.45, 2.75) is 26.3 Å². The zero-order chi connectivity index (χ0) is 21.5. The van der Waals surface area contributed by atoms with Gasteiger partial charge < -0.3 is 14.4 Å². The lowest BCUT2D eigenvalue weighted by molar-refractivity contribution is -0.122. The number of anilines is 1. The Morgan fingerprint density at radius 2 is 1.84 bits per heavy atom. The van der Waals surface area contributed by atoms with Gasteiger partial charge in [-0.15, -0.1) is 0 Å². The van der Waals surface area contributed by atoms with Crippen molar-refractivity contribution in [1.29, 1.82) is 0 Å². The summed E-state index contributed by atoms with van der Waals surface area (Å²) < 4.78 is 11.2. The van der Waals surface area contributed by atoms with Gasteiger partial charge in [-0.2, -0.15) is 0 Å². The third-order valence-corrected chi connectivity index (χ3v) is 6.96. The molecule has 3 aliphatic heterocycles. The number of unbranched alkanes of at least 4 members (excludes halogenated alkanes) is 1. The summed E-state index contributed by atoms with van der Waals surface area (Å²) in [5, 5.41) is 0. The van der Waals surface area contributed by atoms with Crippen molar-refractivity contribution in [1.82, 2.24) is 4.90 Å². The van der Waals surface area contributed by atoms with Gasteiger partial charge in [-0.25, -0.2) is 0 Å². The van der Waals surface area contributed by atoms with Crippen LogP contribution in [0.2, 0.25) is 0 Å². The highest BCUT2D eigenvalue weighted by Crippen LogP contribution is 2.45. The number of rotatable bonds is 5. The van der Waals surface area contributed by atoms with Gasteiger partial charge in [-0.05, 0) is 30.2 Å². The van der Waals surface area contributed by atoms with Gasteiger partial charge in [0.2, 0.25) is 6.79 Å². The molecule has 5 rings (SSSR count). The second-order valence-electron chi connectivity index (χ2n) is 7.48. The van der Waals surface area contributed by atoms with Gasteiger partial charge in [0.25, 0.3) is 11.8 Å². The summed E-state index contributed by atoms with van der Waals surface area (Å²) >= 11 is 6.72. The minimum atomic E-state index is -0.233. The number of fused-ring (bicyclic) bond motifs is 2. The Kier molecular flexibility index (Phi) is 5.19. The lowest BCUT2D eigenvalue weighted by Crippen LogP contribution is -2.29. The molecule has 6 nitrogen and oxygen atoms in total. The van der Waals surface area contributed by atoms with Gasteiger partial charge in [0.05, 0.1) is 22.7 Å². The van der Waals surface area contributed by atoms with Crippen molar-refractivity contribution in [2.75, 3.05) is 18.2 Å². The highest BCUT2D eigenvalue weighted by Gasteiger charge is 2.41. The maximum atomic E-state index is 13.4. The van der Waals surface area contributed by atoms with E-state index in [1.165, 1.54) is 11.8 Å². The Morgan fingerprint density at radius 3 is 2.68 bits per heavy atom. The molecule has 2 aromatic rings. The predicted octanol–water partition coefficient (Wildman–Crippen LogP) is 4.33. The van der Waals surface area contributed by atoms with Crippen molar-refractivity contribution in [2.24, 2.45) is 0 Å². The predicted molar refractivity (Wildman–Crippen MR) is 124 cm³/mol. The SMILES string of the molecule is CCCCN1C(=O)/C(=C2/SC(=S)N(Cc3ccc4c(c3)OCO4)C2=O)c2ccccc21. The molecule has 0 saturated carbocycles. The number of hydrogen-bond donors (Lipinski definition) is 0. The van der Waals surface area contributed by atoms with Crippen LogP contribution in [0.25, 0.3) is 5.57 Å².